The van der Waals surface area contributed by atoms with Crippen LogP contribution in [0, 0.1) is 5.92 Å². The number of ether oxygens (including phenoxy) is 1. The van der Waals surface area contributed by atoms with Crippen molar-refractivity contribution in [1.82, 2.24) is 10.3 Å². The van der Waals surface area contributed by atoms with Gasteiger partial charge in [-0.3, -0.25) is 9.59 Å². The van der Waals surface area contributed by atoms with Crippen LogP contribution in [0.15, 0.2) is 24.3 Å². The maximum absolute atomic E-state index is 12.3. The number of thiazole rings is 1. The number of carbonyl (C=O) groups is 2. The lowest BCUT2D eigenvalue weighted by Crippen LogP contribution is -2.33. The number of benzene rings is 1. The lowest BCUT2D eigenvalue weighted by molar-refractivity contribution is -0.115. The van der Waals surface area contributed by atoms with Gasteiger partial charge in [-0.25, -0.2) is 4.98 Å². The Bertz CT molecular complexity index is 819. The molecule has 2 N–H and O–H groups in total. The monoisotopic (exact) mass is 387 g/mol. The number of carbonyl (C=O) groups excluding carboxylic acids is 2. The van der Waals surface area contributed by atoms with Crippen LogP contribution >= 0.6 is 11.3 Å². The van der Waals surface area contributed by atoms with Crippen LogP contribution in [0.25, 0.3) is 0 Å². The zero-order valence-corrected chi connectivity index (χ0v) is 16.5. The highest BCUT2D eigenvalue weighted by atomic mass is 32.1. The first-order chi connectivity index (χ1) is 13.1. The predicted octanol–water partition coefficient (Wildman–Crippen LogP) is 3.43. The van der Waals surface area contributed by atoms with Gasteiger partial charge in [-0.05, 0) is 44.2 Å². The highest BCUT2D eigenvalue weighted by molar-refractivity contribution is 7.15. The molecule has 0 aliphatic heterocycles. The normalized spacial score (nSPS) is 15.7. The fourth-order valence-electron chi connectivity index (χ4n) is 3.20. The summed E-state index contributed by atoms with van der Waals surface area (Å²) in [4.78, 5) is 30.4. The molecule has 1 heterocycles. The summed E-state index contributed by atoms with van der Waals surface area (Å²) in [6, 6.07) is 6.99. The van der Waals surface area contributed by atoms with Crippen LogP contribution in [0.3, 0.4) is 0 Å². The zero-order valence-electron chi connectivity index (χ0n) is 15.7. The molecule has 0 saturated heterocycles. The van der Waals surface area contributed by atoms with E-state index in [1.54, 1.807) is 29.5 Å². The summed E-state index contributed by atoms with van der Waals surface area (Å²) in [5.74, 6) is 0.607. The number of aromatic nitrogens is 1. The van der Waals surface area contributed by atoms with Gasteiger partial charge in [-0.15, -0.1) is 11.3 Å². The van der Waals surface area contributed by atoms with Gasteiger partial charge in [0.15, 0.2) is 5.13 Å². The molecule has 2 aromatic rings. The molecular weight excluding hydrogens is 362 g/mol. The van der Waals surface area contributed by atoms with E-state index in [2.05, 4.69) is 22.5 Å². The molecule has 0 bridgehead atoms. The first-order valence-corrected chi connectivity index (χ1v) is 10.2. The highest BCUT2D eigenvalue weighted by Gasteiger charge is 2.22. The van der Waals surface area contributed by atoms with Crippen molar-refractivity contribution in [3.8, 4) is 5.75 Å². The van der Waals surface area contributed by atoms with Crippen molar-refractivity contribution in [3.05, 3.63) is 40.4 Å². The molecule has 0 spiro atoms. The number of nitrogens with zero attached hydrogens (tertiary/aromatic N) is 1. The third kappa shape index (κ3) is 4.86. The van der Waals surface area contributed by atoms with Gasteiger partial charge in [0, 0.05) is 4.88 Å². The molecule has 3 rings (SSSR count). The van der Waals surface area contributed by atoms with E-state index in [0.29, 0.717) is 29.0 Å². The summed E-state index contributed by atoms with van der Waals surface area (Å²) in [6.45, 7) is 4.43. The van der Waals surface area contributed by atoms with Gasteiger partial charge in [0.1, 0.15) is 5.75 Å². The number of amides is 2. The molecule has 1 aromatic carbocycles. The first-order valence-electron chi connectivity index (χ1n) is 9.39. The molecule has 0 saturated carbocycles. The minimum Gasteiger partial charge on any atom is -0.493 e. The number of aryl methyl sites for hydroxylation is 1. The summed E-state index contributed by atoms with van der Waals surface area (Å²) in [5.41, 5.74) is 1.53. The molecule has 1 unspecified atom stereocenters. The Morgan fingerprint density at radius 1 is 1.30 bits per heavy atom. The van der Waals surface area contributed by atoms with Gasteiger partial charge >= 0.3 is 0 Å². The van der Waals surface area contributed by atoms with E-state index in [0.717, 1.165) is 25.0 Å². The molecule has 1 aromatic heterocycles. The summed E-state index contributed by atoms with van der Waals surface area (Å²) in [6.07, 6.45) is 4.36. The van der Waals surface area contributed by atoms with Crippen molar-refractivity contribution in [2.45, 2.75) is 39.5 Å². The van der Waals surface area contributed by atoms with Crippen LogP contribution in [0.1, 0.15) is 47.6 Å². The van der Waals surface area contributed by atoms with E-state index in [-0.39, 0.29) is 18.4 Å². The minimum atomic E-state index is -0.335. The van der Waals surface area contributed by atoms with Crippen molar-refractivity contribution in [3.63, 3.8) is 0 Å². The molecular formula is C20H25N3O3S. The molecule has 144 valence electrons. The van der Waals surface area contributed by atoms with Crippen molar-refractivity contribution >= 4 is 28.3 Å². The van der Waals surface area contributed by atoms with E-state index >= 15 is 0 Å². The van der Waals surface area contributed by atoms with Crippen LogP contribution in [-0.2, 0) is 17.6 Å². The van der Waals surface area contributed by atoms with Crippen LogP contribution in [0.2, 0.25) is 0 Å². The predicted molar refractivity (Wildman–Crippen MR) is 106 cm³/mol. The molecule has 2 amide bonds. The molecule has 0 radical (unpaired) electrons. The van der Waals surface area contributed by atoms with Gasteiger partial charge in [-0.1, -0.05) is 25.5 Å². The molecule has 6 nitrogen and oxygen atoms in total. The Morgan fingerprint density at radius 3 is 2.89 bits per heavy atom. The number of fused-ring (bicyclic) bond motifs is 1. The fourth-order valence-corrected chi connectivity index (χ4v) is 4.34. The van der Waals surface area contributed by atoms with Crippen LogP contribution in [-0.4, -0.2) is 29.9 Å². The Balaban J connectivity index is 1.55. The van der Waals surface area contributed by atoms with Gasteiger partial charge in [0.2, 0.25) is 5.91 Å². The van der Waals surface area contributed by atoms with Crippen LogP contribution < -0.4 is 15.4 Å². The summed E-state index contributed by atoms with van der Waals surface area (Å²) in [5, 5.41) is 6.06. The van der Waals surface area contributed by atoms with Gasteiger partial charge < -0.3 is 15.4 Å². The number of nitrogens with one attached hydrogen (secondary N) is 2. The maximum Gasteiger partial charge on any atom is 0.255 e. The van der Waals surface area contributed by atoms with E-state index in [4.69, 9.17) is 4.74 Å². The number of rotatable bonds is 7. The number of hydrogen-bond donors (Lipinski definition) is 2. The smallest absolute Gasteiger partial charge is 0.255 e. The first kappa shape index (κ1) is 19.4. The van der Waals surface area contributed by atoms with E-state index in [9.17, 15) is 9.59 Å². The third-order valence-electron chi connectivity index (χ3n) is 4.71. The van der Waals surface area contributed by atoms with Crippen molar-refractivity contribution in [2.75, 3.05) is 18.5 Å². The Labute approximate surface area is 163 Å². The number of para-hydroxylation sites is 1. The quantitative estimate of drug-likeness (QED) is 0.763. The van der Waals surface area contributed by atoms with Crippen LogP contribution in [0.4, 0.5) is 5.13 Å². The lowest BCUT2D eigenvalue weighted by Gasteiger charge is -2.18. The average molecular weight is 388 g/mol. The van der Waals surface area contributed by atoms with E-state index in [1.807, 2.05) is 13.0 Å². The second kappa shape index (κ2) is 8.99. The third-order valence-corrected chi connectivity index (χ3v) is 5.74. The largest absolute Gasteiger partial charge is 0.493 e. The maximum atomic E-state index is 12.3. The summed E-state index contributed by atoms with van der Waals surface area (Å²) in [7, 11) is 0. The van der Waals surface area contributed by atoms with Gasteiger partial charge in [0.05, 0.1) is 24.4 Å². The van der Waals surface area contributed by atoms with E-state index < -0.39 is 0 Å². The minimum absolute atomic E-state index is 0.110. The van der Waals surface area contributed by atoms with Crippen molar-refractivity contribution in [1.29, 1.82) is 0 Å². The molecule has 1 aliphatic rings. The molecule has 1 atom stereocenters. The average Bonchev–Trinajstić information content (AvgIpc) is 3.08. The van der Waals surface area contributed by atoms with E-state index in [1.165, 1.54) is 11.3 Å². The van der Waals surface area contributed by atoms with Crippen molar-refractivity contribution < 1.29 is 14.3 Å². The SMILES string of the molecule is CCOc1ccccc1C(=O)NCC(=O)Nc1nc2c(s1)CC(CC)CC2. The molecule has 7 heteroatoms. The Morgan fingerprint density at radius 2 is 2.11 bits per heavy atom. The standard InChI is InChI=1S/C20H25N3O3S/c1-3-13-9-10-15-17(11-13)27-20(22-15)23-18(24)12-21-19(25)14-7-5-6-8-16(14)26-4-2/h5-8,13H,3-4,9-12H2,1-2H3,(H,21,25)(H,22,23,24). The second-order valence-corrected chi connectivity index (χ2v) is 7.65. The zero-order chi connectivity index (χ0) is 19.2. The molecule has 0 fully saturated rings. The number of anilines is 1. The Kier molecular flexibility index (Phi) is 6.45. The molecule has 1 aliphatic carbocycles. The summed E-state index contributed by atoms with van der Waals surface area (Å²) >= 11 is 1.55. The topological polar surface area (TPSA) is 80.3 Å². The Hall–Kier alpha value is -2.41. The molecule has 27 heavy (non-hydrogen) atoms. The highest BCUT2D eigenvalue weighted by Crippen LogP contribution is 2.33. The number of hydrogen-bond acceptors (Lipinski definition) is 5. The second-order valence-electron chi connectivity index (χ2n) is 6.57. The van der Waals surface area contributed by atoms with Crippen molar-refractivity contribution in [2.24, 2.45) is 5.92 Å². The van der Waals surface area contributed by atoms with Gasteiger partial charge in [-0.2, -0.15) is 0 Å². The van der Waals surface area contributed by atoms with Gasteiger partial charge in [0.25, 0.3) is 5.91 Å². The fraction of sp³-hybridized carbons (Fsp3) is 0.450. The lowest BCUT2D eigenvalue weighted by atomic mass is 9.89. The summed E-state index contributed by atoms with van der Waals surface area (Å²) < 4.78 is 5.46. The van der Waals surface area contributed by atoms with Crippen LogP contribution in [0.5, 0.6) is 5.75 Å².